The fourth-order valence-electron chi connectivity index (χ4n) is 2.11. The molecule has 0 aromatic heterocycles. The molecule has 1 rings (SSSR count). The lowest BCUT2D eigenvalue weighted by Gasteiger charge is -2.08. The summed E-state index contributed by atoms with van der Waals surface area (Å²) in [4.78, 5) is 2.98. The van der Waals surface area contributed by atoms with Gasteiger partial charge >= 0.3 is 0 Å². The van der Waals surface area contributed by atoms with E-state index in [4.69, 9.17) is 0 Å². The van der Waals surface area contributed by atoms with E-state index < -0.39 is 0 Å². The van der Waals surface area contributed by atoms with Gasteiger partial charge in [-0.1, -0.05) is 64.5 Å². The first-order valence-corrected chi connectivity index (χ1v) is 10.2. The van der Waals surface area contributed by atoms with Crippen LogP contribution in [0.2, 0.25) is 0 Å². The maximum atomic E-state index is 2.29. The molecule has 0 atom stereocenters. The molecule has 0 N–H and O–H groups in total. The molecule has 0 amide bonds. The van der Waals surface area contributed by atoms with Crippen molar-refractivity contribution in [1.82, 2.24) is 0 Å². The highest BCUT2D eigenvalue weighted by Crippen LogP contribution is 2.32. The van der Waals surface area contributed by atoms with E-state index in [1.807, 2.05) is 23.5 Å². The van der Waals surface area contributed by atoms with Gasteiger partial charge in [0.2, 0.25) is 0 Å². The highest BCUT2D eigenvalue weighted by molar-refractivity contribution is 8.02. The summed E-state index contributed by atoms with van der Waals surface area (Å²) in [7, 11) is 0. The molecule has 0 saturated heterocycles. The Hall–Kier alpha value is -0.0800. The normalized spacial score (nSPS) is 10.9. The van der Waals surface area contributed by atoms with Crippen LogP contribution in [0.1, 0.15) is 65.2 Å². The molecule has 0 unspecified atom stereocenters. The largest absolute Gasteiger partial charge is 0.125 e. The van der Waals surface area contributed by atoms with E-state index in [0.717, 1.165) is 0 Å². The van der Waals surface area contributed by atoms with Crippen molar-refractivity contribution >= 4 is 23.5 Å². The van der Waals surface area contributed by atoms with Gasteiger partial charge in [0, 0.05) is 9.79 Å². The monoisotopic (exact) mass is 310 g/mol. The Morgan fingerprint density at radius 2 is 1.10 bits per heavy atom. The molecule has 20 heavy (non-hydrogen) atoms. The van der Waals surface area contributed by atoms with E-state index in [-0.39, 0.29) is 0 Å². The van der Waals surface area contributed by atoms with Gasteiger partial charge in [0.1, 0.15) is 0 Å². The van der Waals surface area contributed by atoms with Crippen molar-refractivity contribution in [3.63, 3.8) is 0 Å². The van der Waals surface area contributed by atoms with Gasteiger partial charge in [-0.05, 0) is 36.5 Å². The maximum absolute atomic E-state index is 2.29. The summed E-state index contributed by atoms with van der Waals surface area (Å²) >= 11 is 4.09. The van der Waals surface area contributed by atoms with Gasteiger partial charge in [-0.3, -0.25) is 0 Å². The van der Waals surface area contributed by atoms with Crippen LogP contribution in [0, 0.1) is 0 Å². The van der Waals surface area contributed by atoms with Gasteiger partial charge in [-0.15, -0.1) is 23.5 Å². The van der Waals surface area contributed by atoms with Gasteiger partial charge in [0.15, 0.2) is 0 Å². The van der Waals surface area contributed by atoms with Crippen molar-refractivity contribution in [2.75, 3.05) is 11.5 Å². The second kappa shape index (κ2) is 12.6. The molecule has 0 heterocycles. The zero-order valence-electron chi connectivity index (χ0n) is 13.2. The third-order valence-electron chi connectivity index (χ3n) is 3.36. The molecule has 0 aliphatic carbocycles. The smallest absolute Gasteiger partial charge is 0.0208 e. The third kappa shape index (κ3) is 8.26. The summed E-state index contributed by atoms with van der Waals surface area (Å²) in [6, 6.07) is 8.93. The fraction of sp³-hybridized carbons (Fsp3) is 0.667. The minimum absolute atomic E-state index is 1.27. The summed E-state index contributed by atoms with van der Waals surface area (Å²) in [6.45, 7) is 4.55. The number of unbranched alkanes of at least 4 members (excludes halogenated alkanes) is 6. The van der Waals surface area contributed by atoms with Crippen LogP contribution < -0.4 is 0 Å². The third-order valence-corrected chi connectivity index (χ3v) is 5.81. The van der Waals surface area contributed by atoms with Crippen LogP contribution in [0.5, 0.6) is 0 Å². The van der Waals surface area contributed by atoms with E-state index >= 15 is 0 Å². The molecule has 114 valence electrons. The van der Waals surface area contributed by atoms with Crippen LogP contribution in [-0.4, -0.2) is 11.5 Å². The fourth-order valence-corrected chi connectivity index (χ4v) is 4.37. The lowest BCUT2D eigenvalue weighted by atomic mass is 10.2. The number of rotatable bonds is 12. The van der Waals surface area contributed by atoms with E-state index in [2.05, 4.69) is 38.1 Å². The van der Waals surface area contributed by atoms with E-state index in [9.17, 15) is 0 Å². The standard InChI is InChI=1S/C18H30S2/c1-3-5-7-11-15-19-17-13-9-10-14-18(17)20-16-12-8-6-4-2/h9-10,13-14H,3-8,11-12,15-16H2,1-2H3. The molecule has 0 radical (unpaired) electrons. The van der Waals surface area contributed by atoms with Gasteiger partial charge in [0.25, 0.3) is 0 Å². The van der Waals surface area contributed by atoms with Crippen molar-refractivity contribution in [2.24, 2.45) is 0 Å². The van der Waals surface area contributed by atoms with Crippen molar-refractivity contribution in [3.8, 4) is 0 Å². The predicted octanol–water partition coefficient (Wildman–Crippen LogP) is 7.03. The second-order valence-electron chi connectivity index (χ2n) is 5.26. The van der Waals surface area contributed by atoms with E-state index in [0.29, 0.717) is 0 Å². The Kier molecular flexibility index (Phi) is 11.4. The molecule has 0 fully saturated rings. The Morgan fingerprint density at radius 3 is 1.50 bits per heavy atom. The number of hydrogen-bond acceptors (Lipinski definition) is 2. The quantitative estimate of drug-likeness (QED) is 0.300. The first kappa shape index (κ1) is 18.0. The summed E-state index contributed by atoms with van der Waals surface area (Å²) in [5.74, 6) is 2.54. The molecule has 2 heteroatoms. The van der Waals surface area contributed by atoms with Crippen LogP contribution in [-0.2, 0) is 0 Å². The zero-order chi connectivity index (χ0) is 14.5. The Labute approximate surface area is 134 Å². The molecule has 0 nitrogen and oxygen atoms in total. The van der Waals surface area contributed by atoms with Gasteiger partial charge < -0.3 is 0 Å². The molecule has 0 aliphatic rings. The molecule has 1 aromatic rings. The summed E-state index contributed by atoms with van der Waals surface area (Å²) < 4.78 is 0. The van der Waals surface area contributed by atoms with Crippen LogP contribution in [0.15, 0.2) is 34.1 Å². The minimum Gasteiger partial charge on any atom is -0.125 e. The van der Waals surface area contributed by atoms with Gasteiger partial charge in [-0.2, -0.15) is 0 Å². The predicted molar refractivity (Wildman–Crippen MR) is 96.2 cm³/mol. The SMILES string of the molecule is CCCCCCSc1ccccc1SCCCCCC. The lowest BCUT2D eigenvalue weighted by molar-refractivity contribution is 0.706. The summed E-state index contributed by atoms with van der Waals surface area (Å²) in [5.41, 5.74) is 0. The first-order valence-electron chi connectivity index (χ1n) is 8.23. The average Bonchev–Trinajstić information content (AvgIpc) is 2.48. The van der Waals surface area contributed by atoms with Crippen molar-refractivity contribution in [1.29, 1.82) is 0 Å². The number of thioether (sulfide) groups is 2. The molecular formula is C18H30S2. The topological polar surface area (TPSA) is 0 Å². The maximum Gasteiger partial charge on any atom is 0.0208 e. The first-order chi connectivity index (χ1) is 9.88. The molecule has 1 aromatic carbocycles. The van der Waals surface area contributed by atoms with Crippen molar-refractivity contribution in [3.05, 3.63) is 24.3 Å². The minimum atomic E-state index is 1.27. The number of benzene rings is 1. The zero-order valence-corrected chi connectivity index (χ0v) is 14.8. The van der Waals surface area contributed by atoms with Gasteiger partial charge in [0.05, 0.1) is 0 Å². The van der Waals surface area contributed by atoms with Crippen molar-refractivity contribution in [2.45, 2.75) is 75.0 Å². The van der Waals surface area contributed by atoms with E-state index in [1.165, 1.54) is 72.7 Å². The van der Waals surface area contributed by atoms with Crippen molar-refractivity contribution < 1.29 is 0 Å². The molecule has 0 saturated carbocycles. The van der Waals surface area contributed by atoms with E-state index in [1.54, 1.807) is 0 Å². The molecular weight excluding hydrogens is 280 g/mol. The van der Waals surface area contributed by atoms with Crippen LogP contribution in [0.4, 0.5) is 0 Å². The Balaban J connectivity index is 2.27. The molecule has 0 bridgehead atoms. The average molecular weight is 311 g/mol. The van der Waals surface area contributed by atoms with Crippen LogP contribution in [0.3, 0.4) is 0 Å². The summed E-state index contributed by atoms with van der Waals surface area (Å²) in [6.07, 6.45) is 10.9. The van der Waals surface area contributed by atoms with Gasteiger partial charge in [-0.25, -0.2) is 0 Å². The molecule has 0 spiro atoms. The Bertz CT molecular complexity index is 303. The van der Waals surface area contributed by atoms with Crippen LogP contribution >= 0.6 is 23.5 Å². The molecule has 0 aliphatic heterocycles. The number of hydrogen-bond donors (Lipinski definition) is 0. The van der Waals surface area contributed by atoms with Crippen LogP contribution in [0.25, 0.3) is 0 Å². The second-order valence-corrected chi connectivity index (χ2v) is 7.54. The highest BCUT2D eigenvalue weighted by atomic mass is 32.2. The lowest BCUT2D eigenvalue weighted by Crippen LogP contribution is -1.86. The Morgan fingerprint density at radius 1 is 0.650 bits per heavy atom. The highest BCUT2D eigenvalue weighted by Gasteiger charge is 2.03. The summed E-state index contributed by atoms with van der Waals surface area (Å²) in [5, 5.41) is 0.